The number of amides is 1. The lowest BCUT2D eigenvalue weighted by Gasteiger charge is -2.32. The van der Waals surface area contributed by atoms with Gasteiger partial charge in [-0.3, -0.25) is 9.69 Å². The zero-order valence-corrected chi connectivity index (χ0v) is 17.3. The summed E-state index contributed by atoms with van der Waals surface area (Å²) in [7, 11) is 0. The van der Waals surface area contributed by atoms with Crippen molar-refractivity contribution >= 4 is 40.1 Å². The molecule has 0 radical (unpaired) electrons. The fraction of sp³-hybridized carbons (Fsp3) is 0.286. The first-order valence-corrected chi connectivity index (χ1v) is 10.9. The maximum Gasteiger partial charge on any atom is 0.338 e. The molecule has 5 nitrogen and oxygen atoms in total. The third-order valence-corrected chi connectivity index (χ3v) is 7.01. The largest absolute Gasteiger partial charge is 0.457 e. The van der Waals surface area contributed by atoms with Crippen molar-refractivity contribution in [3.05, 3.63) is 69.6 Å². The van der Waals surface area contributed by atoms with E-state index in [1.165, 1.54) is 23.1 Å². The maximum atomic E-state index is 13.0. The van der Waals surface area contributed by atoms with Crippen LogP contribution >= 0.6 is 23.1 Å². The lowest BCUT2D eigenvalue weighted by Crippen LogP contribution is -2.40. The average molecular weight is 413 g/mol. The van der Waals surface area contributed by atoms with E-state index in [9.17, 15) is 9.59 Å². The SMILES string of the molecule is CC[C@@H]1SC2=NC(C)=C(C(=O)OCc3ccccc3)[C@@H](c3cccs3)N2C1=O. The first-order chi connectivity index (χ1) is 13.6. The number of allylic oxidation sites excluding steroid dienone is 1. The van der Waals surface area contributed by atoms with Crippen molar-refractivity contribution in [1.29, 1.82) is 0 Å². The van der Waals surface area contributed by atoms with Crippen molar-refractivity contribution in [2.24, 2.45) is 4.99 Å². The normalized spacial score (nSPS) is 21.6. The highest BCUT2D eigenvalue weighted by Crippen LogP contribution is 2.45. The number of aliphatic imine (C=N–C) groups is 1. The molecule has 7 heteroatoms. The van der Waals surface area contributed by atoms with Crippen molar-refractivity contribution in [2.75, 3.05) is 0 Å². The summed E-state index contributed by atoms with van der Waals surface area (Å²) >= 11 is 3.00. The van der Waals surface area contributed by atoms with E-state index in [-0.39, 0.29) is 17.8 Å². The average Bonchev–Trinajstić information content (AvgIpc) is 3.34. The molecule has 1 fully saturated rings. The van der Waals surface area contributed by atoms with E-state index < -0.39 is 12.0 Å². The van der Waals surface area contributed by atoms with Crippen LogP contribution in [-0.2, 0) is 20.9 Å². The van der Waals surface area contributed by atoms with Crippen LogP contribution in [0.4, 0.5) is 0 Å². The molecule has 0 bridgehead atoms. The van der Waals surface area contributed by atoms with Crippen molar-refractivity contribution in [2.45, 2.75) is 38.2 Å². The van der Waals surface area contributed by atoms with Gasteiger partial charge in [-0.1, -0.05) is 55.1 Å². The topological polar surface area (TPSA) is 59.0 Å². The standard InChI is InChI=1S/C21H20N2O3S2/c1-3-15-19(24)23-18(16-10-7-11-27-16)17(13(2)22-21(23)28-15)20(25)26-12-14-8-5-4-6-9-14/h4-11,15,18H,3,12H2,1-2H3/t15-,18+/m0/s1. The smallest absolute Gasteiger partial charge is 0.338 e. The van der Waals surface area contributed by atoms with Crippen LogP contribution in [0, 0.1) is 0 Å². The van der Waals surface area contributed by atoms with Crippen molar-refractivity contribution in [3.8, 4) is 0 Å². The third-order valence-electron chi connectivity index (χ3n) is 4.77. The van der Waals surface area contributed by atoms with Gasteiger partial charge < -0.3 is 4.74 Å². The molecular weight excluding hydrogens is 392 g/mol. The van der Waals surface area contributed by atoms with Crippen LogP contribution in [0.15, 0.2) is 64.1 Å². The van der Waals surface area contributed by atoms with Crippen LogP contribution in [0.25, 0.3) is 0 Å². The van der Waals surface area contributed by atoms with Crippen LogP contribution in [0.1, 0.15) is 36.8 Å². The van der Waals surface area contributed by atoms with Crippen molar-refractivity contribution in [3.63, 3.8) is 0 Å². The van der Waals surface area contributed by atoms with Crippen LogP contribution in [0.2, 0.25) is 0 Å². The highest BCUT2D eigenvalue weighted by Gasteiger charge is 2.47. The summed E-state index contributed by atoms with van der Waals surface area (Å²) < 4.78 is 5.60. The number of hydrogen-bond donors (Lipinski definition) is 0. The number of amidine groups is 1. The molecule has 0 saturated carbocycles. The zero-order valence-electron chi connectivity index (χ0n) is 15.6. The Hall–Kier alpha value is -2.38. The molecule has 0 aliphatic carbocycles. The number of hydrogen-bond acceptors (Lipinski definition) is 6. The Balaban J connectivity index is 1.67. The molecule has 2 aliphatic rings. The first kappa shape index (κ1) is 19.0. The predicted octanol–water partition coefficient (Wildman–Crippen LogP) is 4.53. The molecule has 28 heavy (non-hydrogen) atoms. The fourth-order valence-electron chi connectivity index (χ4n) is 3.37. The summed E-state index contributed by atoms with van der Waals surface area (Å²) in [6.07, 6.45) is 0.725. The number of thiophene rings is 1. The Kier molecular flexibility index (Phi) is 5.37. The number of carbonyl (C=O) groups is 2. The quantitative estimate of drug-likeness (QED) is 0.677. The minimum atomic E-state index is -0.479. The van der Waals surface area contributed by atoms with Gasteiger partial charge in [0.05, 0.1) is 16.5 Å². The van der Waals surface area contributed by atoms with Gasteiger partial charge in [-0.2, -0.15) is 0 Å². The molecule has 144 valence electrons. The van der Waals surface area contributed by atoms with Gasteiger partial charge in [-0.05, 0) is 30.4 Å². The van der Waals surface area contributed by atoms with Gasteiger partial charge in [0.15, 0.2) is 5.17 Å². The van der Waals surface area contributed by atoms with Crippen LogP contribution in [0.5, 0.6) is 0 Å². The second-order valence-corrected chi connectivity index (χ2v) is 8.75. The second-order valence-electron chi connectivity index (χ2n) is 6.60. The molecule has 1 saturated heterocycles. The molecule has 0 unspecified atom stereocenters. The van der Waals surface area contributed by atoms with Gasteiger partial charge in [0, 0.05) is 4.88 Å². The van der Waals surface area contributed by atoms with E-state index >= 15 is 0 Å². The first-order valence-electron chi connectivity index (χ1n) is 9.13. The van der Waals surface area contributed by atoms with E-state index in [0.29, 0.717) is 16.4 Å². The van der Waals surface area contributed by atoms with Crippen LogP contribution in [-0.4, -0.2) is 27.2 Å². The number of thioether (sulfide) groups is 1. The summed E-state index contributed by atoms with van der Waals surface area (Å²) in [6, 6.07) is 13.0. The fourth-order valence-corrected chi connectivity index (χ4v) is 5.32. The van der Waals surface area contributed by atoms with Gasteiger partial charge in [0.2, 0.25) is 5.91 Å². The Labute approximate surface area is 172 Å². The molecule has 1 aromatic carbocycles. The molecule has 1 amide bonds. The molecule has 0 spiro atoms. The predicted molar refractivity (Wildman–Crippen MR) is 112 cm³/mol. The number of nitrogens with zero attached hydrogens (tertiary/aromatic N) is 2. The highest BCUT2D eigenvalue weighted by molar-refractivity contribution is 8.15. The van der Waals surface area contributed by atoms with Crippen LogP contribution < -0.4 is 0 Å². The van der Waals surface area contributed by atoms with E-state index in [0.717, 1.165) is 16.9 Å². The number of rotatable bonds is 5. The minimum Gasteiger partial charge on any atom is -0.457 e. The third kappa shape index (κ3) is 3.40. The summed E-state index contributed by atoms with van der Waals surface area (Å²) in [5.41, 5.74) is 1.97. The minimum absolute atomic E-state index is 0.00510. The second kappa shape index (κ2) is 7.93. The molecular formula is C21H20N2O3S2. The summed E-state index contributed by atoms with van der Waals surface area (Å²) in [5, 5.41) is 2.47. The lowest BCUT2D eigenvalue weighted by atomic mass is 10.00. The molecule has 4 rings (SSSR count). The Morgan fingerprint density at radius 2 is 2.00 bits per heavy atom. The van der Waals surface area contributed by atoms with Crippen molar-refractivity contribution < 1.29 is 14.3 Å². The van der Waals surface area contributed by atoms with Crippen LogP contribution in [0.3, 0.4) is 0 Å². The van der Waals surface area contributed by atoms with Crippen molar-refractivity contribution in [1.82, 2.24) is 4.90 Å². The molecule has 0 N–H and O–H groups in total. The molecule has 1 aromatic heterocycles. The molecule has 2 aliphatic heterocycles. The van der Waals surface area contributed by atoms with E-state index in [1.54, 1.807) is 4.90 Å². The summed E-state index contributed by atoms with van der Waals surface area (Å²) in [4.78, 5) is 33.2. The van der Waals surface area contributed by atoms with E-state index in [1.807, 2.05) is 61.7 Å². The number of benzene rings is 1. The Bertz CT molecular complexity index is 951. The maximum absolute atomic E-state index is 13.0. The highest BCUT2D eigenvalue weighted by atomic mass is 32.2. The number of esters is 1. The van der Waals surface area contributed by atoms with Gasteiger partial charge in [0.25, 0.3) is 0 Å². The Morgan fingerprint density at radius 3 is 2.68 bits per heavy atom. The number of ether oxygens (including phenoxy) is 1. The molecule has 2 aromatic rings. The zero-order chi connectivity index (χ0) is 19.7. The number of fused-ring (bicyclic) bond motifs is 1. The van der Waals surface area contributed by atoms with E-state index in [2.05, 4.69) is 4.99 Å². The van der Waals surface area contributed by atoms with Gasteiger partial charge in [-0.25, -0.2) is 9.79 Å². The molecule has 3 heterocycles. The number of carbonyl (C=O) groups excluding carboxylic acids is 2. The van der Waals surface area contributed by atoms with E-state index in [4.69, 9.17) is 4.74 Å². The summed E-state index contributed by atoms with van der Waals surface area (Å²) in [6.45, 7) is 3.99. The Morgan fingerprint density at radius 1 is 1.21 bits per heavy atom. The lowest BCUT2D eigenvalue weighted by molar-refractivity contribution is -0.141. The molecule has 2 atom stereocenters. The van der Waals surface area contributed by atoms with Gasteiger partial charge in [-0.15, -0.1) is 11.3 Å². The summed E-state index contributed by atoms with van der Waals surface area (Å²) in [5.74, 6) is -0.425. The van der Waals surface area contributed by atoms with Gasteiger partial charge in [0.1, 0.15) is 12.6 Å². The monoisotopic (exact) mass is 412 g/mol. The van der Waals surface area contributed by atoms with Gasteiger partial charge >= 0.3 is 5.97 Å².